The smallest absolute Gasteiger partial charge is 0.324 e. The molecule has 0 saturated heterocycles. The van der Waals surface area contributed by atoms with Gasteiger partial charge in [-0.1, -0.05) is 12.1 Å². The van der Waals surface area contributed by atoms with E-state index < -0.39 is 0 Å². The lowest BCUT2D eigenvalue weighted by Gasteiger charge is -2.08. The van der Waals surface area contributed by atoms with Crippen LogP contribution in [0.4, 0.5) is 5.82 Å². The highest BCUT2D eigenvalue weighted by molar-refractivity contribution is 5.41. The van der Waals surface area contributed by atoms with Gasteiger partial charge in [0, 0.05) is 6.20 Å². The maximum Gasteiger partial charge on any atom is 0.324 e. The molecule has 0 spiro atoms. The fourth-order valence-corrected chi connectivity index (χ4v) is 1.20. The maximum absolute atomic E-state index is 5.52. The minimum atomic E-state index is 0.199. The van der Waals surface area contributed by atoms with Crippen LogP contribution in [0.3, 0.4) is 0 Å². The molecule has 0 amide bonds. The number of nitrogens with two attached hydrogens (primary N) is 1. The van der Waals surface area contributed by atoms with E-state index in [2.05, 4.69) is 9.97 Å². The quantitative estimate of drug-likeness (QED) is 0.849. The topological polar surface area (TPSA) is 70.3 Å². The lowest BCUT2D eigenvalue weighted by molar-refractivity contribution is 0.368. The number of rotatable bonds is 3. The first-order valence-electron chi connectivity index (χ1n) is 4.69. The monoisotopic (exact) mass is 217 g/mol. The molecule has 82 valence electrons. The van der Waals surface area contributed by atoms with Crippen molar-refractivity contribution in [2.45, 2.75) is 0 Å². The molecule has 0 bridgehead atoms. The molecule has 0 aliphatic heterocycles. The highest BCUT2D eigenvalue weighted by atomic mass is 16.5. The second kappa shape index (κ2) is 4.48. The van der Waals surface area contributed by atoms with Crippen molar-refractivity contribution in [2.24, 2.45) is 0 Å². The van der Waals surface area contributed by atoms with Crippen LogP contribution in [-0.4, -0.2) is 17.1 Å². The largest absolute Gasteiger partial charge is 0.493 e. The van der Waals surface area contributed by atoms with Gasteiger partial charge in [-0.05, 0) is 18.2 Å². The average molecular weight is 217 g/mol. The Morgan fingerprint density at radius 2 is 1.88 bits per heavy atom. The predicted octanol–water partition coefficient (Wildman–Crippen LogP) is 1.86. The first-order chi connectivity index (χ1) is 7.79. The Labute approximate surface area is 92.9 Å². The number of hydrogen-bond acceptors (Lipinski definition) is 5. The molecule has 5 nitrogen and oxygen atoms in total. The van der Waals surface area contributed by atoms with Crippen LogP contribution in [0.5, 0.6) is 17.5 Å². The third kappa shape index (κ3) is 2.20. The van der Waals surface area contributed by atoms with Gasteiger partial charge in [-0.25, -0.2) is 4.98 Å². The standard InChI is InChI=1S/C11H11N3O2/c1-15-8-4-2-3-5-9(8)16-11-13-7-6-10(12)14-11/h2-7H,1H3,(H2,12,13,14). The molecule has 16 heavy (non-hydrogen) atoms. The van der Waals surface area contributed by atoms with Gasteiger partial charge in [0.1, 0.15) is 5.82 Å². The van der Waals surface area contributed by atoms with Crippen molar-refractivity contribution in [2.75, 3.05) is 12.8 Å². The molecule has 5 heteroatoms. The van der Waals surface area contributed by atoms with Crippen LogP contribution in [0.1, 0.15) is 0 Å². The molecule has 2 N–H and O–H groups in total. The normalized spacial score (nSPS) is 9.81. The van der Waals surface area contributed by atoms with Gasteiger partial charge in [-0.2, -0.15) is 4.98 Å². The molecule has 2 rings (SSSR count). The van der Waals surface area contributed by atoms with E-state index in [4.69, 9.17) is 15.2 Å². The summed E-state index contributed by atoms with van der Waals surface area (Å²) < 4.78 is 10.6. The number of anilines is 1. The number of aromatic nitrogens is 2. The van der Waals surface area contributed by atoms with Gasteiger partial charge in [0.25, 0.3) is 0 Å². The molecule has 1 aromatic heterocycles. The van der Waals surface area contributed by atoms with E-state index in [0.29, 0.717) is 17.3 Å². The molecule has 0 aliphatic carbocycles. The Morgan fingerprint density at radius 1 is 1.12 bits per heavy atom. The molecule has 1 heterocycles. The summed E-state index contributed by atoms with van der Waals surface area (Å²) in [6.07, 6.45) is 1.53. The second-order valence-electron chi connectivity index (χ2n) is 3.02. The Morgan fingerprint density at radius 3 is 2.56 bits per heavy atom. The fraction of sp³-hybridized carbons (Fsp3) is 0.0909. The van der Waals surface area contributed by atoms with Crippen LogP contribution in [-0.2, 0) is 0 Å². The number of ether oxygens (including phenoxy) is 2. The van der Waals surface area contributed by atoms with Crippen molar-refractivity contribution in [3.63, 3.8) is 0 Å². The number of nitrogen functional groups attached to an aromatic ring is 1. The predicted molar refractivity (Wildman–Crippen MR) is 59.5 cm³/mol. The first kappa shape index (κ1) is 10.2. The van der Waals surface area contributed by atoms with Gasteiger partial charge in [0.2, 0.25) is 0 Å². The van der Waals surface area contributed by atoms with Gasteiger partial charge in [0.05, 0.1) is 7.11 Å². The lowest BCUT2D eigenvalue weighted by atomic mass is 10.3. The Bertz CT molecular complexity index is 488. The minimum absolute atomic E-state index is 0.199. The number of nitrogens with zero attached hydrogens (tertiary/aromatic N) is 2. The van der Waals surface area contributed by atoms with E-state index >= 15 is 0 Å². The zero-order chi connectivity index (χ0) is 11.4. The van der Waals surface area contributed by atoms with E-state index in [1.54, 1.807) is 25.3 Å². The molecule has 0 fully saturated rings. The molecule has 0 atom stereocenters. The van der Waals surface area contributed by atoms with Crippen LogP contribution in [0.15, 0.2) is 36.5 Å². The van der Waals surface area contributed by atoms with Gasteiger partial charge < -0.3 is 15.2 Å². The van der Waals surface area contributed by atoms with Crippen molar-refractivity contribution in [3.05, 3.63) is 36.5 Å². The van der Waals surface area contributed by atoms with Gasteiger partial charge >= 0.3 is 6.01 Å². The Balaban J connectivity index is 2.26. The highest BCUT2D eigenvalue weighted by Gasteiger charge is 2.05. The second-order valence-corrected chi connectivity index (χ2v) is 3.02. The molecule has 0 saturated carbocycles. The number of para-hydroxylation sites is 2. The van der Waals surface area contributed by atoms with Crippen LogP contribution in [0, 0.1) is 0 Å². The molecular formula is C11H11N3O2. The van der Waals surface area contributed by atoms with Gasteiger partial charge in [-0.15, -0.1) is 0 Å². The zero-order valence-electron chi connectivity index (χ0n) is 8.75. The fourth-order valence-electron chi connectivity index (χ4n) is 1.20. The van der Waals surface area contributed by atoms with E-state index in [1.807, 2.05) is 12.1 Å². The van der Waals surface area contributed by atoms with Crippen molar-refractivity contribution in [1.29, 1.82) is 0 Å². The van der Waals surface area contributed by atoms with E-state index in [-0.39, 0.29) is 6.01 Å². The highest BCUT2D eigenvalue weighted by Crippen LogP contribution is 2.29. The summed E-state index contributed by atoms with van der Waals surface area (Å²) in [5.74, 6) is 1.53. The van der Waals surface area contributed by atoms with E-state index in [1.165, 1.54) is 6.20 Å². The number of methoxy groups -OCH3 is 1. The summed E-state index contributed by atoms with van der Waals surface area (Å²) in [6, 6.07) is 9.04. The summed E-state index contributed by atoms with van der Waals surface area (Å²) in [5.41, 5.74) is 5.52. The maximum atomic E-state index is 5.52. The van der Waals surface area contributed by atoms with Crippen LogP contribution >= 0.6 is 0 Å². The molecule has 2 aromatic rings. The molecule has 0 radical (unpaired) electrons. The summed E-state index contributed by atoms with van der Waals surface area (Å²) in [5, 5.41) is 0. The average Bonchev–Trinajstić information content (AvgIpc) is 2.30. The van der Waals surface area contributed by atoms with Crippen molar-refractivity contribution < 1.29 is 9.47 Å². The van der Waals surface area contributed by atoms with Crippen molar-refractivity contribution >= 4 is 5.82 Å². The van der Waals surface area contributed by atoms with Crippen LogP contribution in [0.2, 0.25) is 0 Å². The van der Waals surface area contributed by atoms with Gasteiger partial charge in [-0.3, -0.25) is 0 Å². The third-order valence-corrected chi connectivity index (χ3v) is 1.93. The number of benzene rings is 1. The zero-order valence-corrected chi connectivity index (χ0v) is 8.75. The van der Waals surface area contributed by atoms with Crippen molar-refractivity contribution in [1.82, 2.24) is 9.97 Å². The van der Waals surface area contributed by atoms with Gasteiger partial charge in [0.15, 0.2) is 11.5 Å². The molecule has 0 unspecified atom stereocenters. The lowest BCUT2D eigenvalue weighted by Crippen LogP contribution is -1.96. The van der Waals surface area contributed by atoms with E-state index in [0.717, 1.165) is 0 Å². The summed E-state index contributed by atoms with van der Waals surface area (Å²) >= 11 is 0. The third-order valence-electron chi connectivity index (χ3n) is 1.93. The molecule has 1 aromatic carbocycles. The minimum Gasteiger partial charge on any atom is -0.493 e. The SMILES string of the molecule is COc1ccccc1Oc1nccc(N)n1. The van der Waals surface area contributed by atoms with Crippen LogP contribution in [0.25, 0.3) is 0 Å². The molecular weight excluding hydrogens is 206 g/mol. The summed E-state index contributed by atoms with van der Waals surface area (Å²) in [7, 11) is 1.57. The van der Waals surface area contributed by atoms with E-state index in [9.17, 15) is 0 Å². The Kier molecular flexibility index (Phi) is 2.86. The van der Waals surface area contributed by atoms with Crippen molar-refractivity contribution in [3.8, 4) is 17.5 Å². The van der Waals surface area contributed by atoms with Crippen LogP contribution < -0.4 is 15.2 Å². The summed E-state index contributed by atoms with van der Waals surface area (Å²) in [6.45, 7) is 0. The number of hydrogen-bond donors (Lipinski definition) is 1. The first-order valence-corrected chi connectivity index (χ1v) is 4.69. The summed E-state index contributed by atoms with van der Waals surface area (Å²) in [4.78, 5) is 7.87. The Hall–Kier alpha value is -2.30. The molecule has 0 aliphatic rings.